The van der Waals surface area contributed by atoms with Crippen molar-refractivity contribution in [2.75, 3.05) is 14.2 Å². The molecule has 7 heteroatoms. The van der Waals surface area contributed by atoms with Crippen LogP contribution in [0.4, 0.5) is 5.69 Å². The molecular formula is C15H18N4O3. The zero-order valence-electron chi connectivity index (χ0n) is 13.2. The fraction of sp³-hybridized carbons (Fsp3) is 0.400. The Balaban J connectivity index is 2.87. The van der Waals surface area contributed by atoms with Crippen molar-refractivity contribution in [3.63, 3.8) is 0 Å². The Morgan fingerprint density at radius 2 is 1.73 bits per heavy atom. The van der Waals surface area contributed by atoms with Gasteiger partial charge in [0.1, 0.15) is 0 Å². The third-order valence-electron chi connectivity index (χ3n) is 3.11. The Hall–Kier alpha value is -2.66. The molecule has 0 N–H and O–H groups in total. The summed E-state index contributed by atoms with van der Waals surface area (Å²) in [5, 5.41) is 5.17. The van der Waals surface area contributed by atoms with Gasteiger partial charge in [-0.2, -0.15) is 0 Å². The van der Waals surface area contributed by atoms with Gasteiger partial charge < -0.3 is 14.2 Å². The van der Waals surface area contributed by atoms with Crippen molar-refractivity contribution >= 4 is 16.5 Å². The summed E-state index contributed by atoms with van der Waals surface area (Å²) in [4.78, 5) is 7.29. The number of hydrogen-bond donors (Lipinski definition) is 0. The summed E-state index contributed by atoms with van der Waals surface area (Å²) in [7, 11) is 3.11. The minimum absolute atomic E-state index is 0.0338. The van der Waals surface area contributed by atoms with Crippen LogP contribution >= 0.6 is 0 Å². The van der Waals surface area contributed by atoms with Crippen LogP contribution in [0.2, 0.25) is 0 Å². The van der Waals surface area contributed by atoms with Gasteiger partial charge in [-0.15, -0.1) is 0 Å². The van der Waals surface area contributed by atoms with Crippen molar-refractivity contribution < 1.29 is 14.2 Å². The molecule has 22 heavy (non-hydrogen) atoms. The van der Waals surface area contributed by atoms with Gasteiger partial charge in [0.2, 0.25) is 5.88 Å². The Morgan fingerprint density at radius 3 is 2.23 bits per heavy atom. The van der Waals surface area contributed by atoms with Gasteiger partial charge in [0.05, 0.1) is 31.7 Å². The Morgan fingerprint density at radius 1 is 1.14 bits per heavy atom. The minimum atomic E-state index is -0.0338. The summed E-state index contributed by atoms with van der Waals surface area (Å²) in [6, 6.07) is 3.54. The zero-order chi connectivity index (χ0) is 16.3. The van der Waals surface area contributed by atoms with Gasteiger partial charge in [0.15, 0.2) is 11.5 Å². The van der Waals surface area contributed by atoms with Crippen LogP contribution in [0, 0.1) is 6.92 Å². The number of fused-ring (bicyclic) bond motifs is 1. The molecule has 1 aromatic heterocycles. The van der Waals surface area contributed by atoms with Crippen LogP contribution in [0.3, 0.4) is 0 Å². The second-order valence-electron chi connectivity index (χ2n) is 4.96. The SMILES string of the molecule is COc1cc2c(OC(C)C)nc(C)c(N=[N+]=[N-])c2cc1OC. The zero-order valence-corrected chi connectivity index (χ0v) is 13.2. The van der Waals surface area contributed by atoms with Crippen LogP contribution in [-0.2, 0) is 0 Å². The van der Waals surface area contributed by atoms with E-state index < -0.39 is 0 Å². The summed E-state index contributed by atoms with van der Waals surface area (Å²) in [6.45, 7) is 5.61. The van der Waals surface area contributed by atoms with Gasteiger partial charge in [-0.25, -0.2) is 4.98 Å². The molecule has 0 aliphatic carbocycles. The van der Waals surface area contributed by atoms with Crippen LogP contribution in [-0.4, -0.2) is 25.3 Å². The highest BCUT2D eigenvalue weighted by Gasteiger charge is 2.16. The van der Waals surface area contributed by atoms with Crippen molar-refractivity contribution in [1.82, 2.24) is 4.98 Å². The molecule has 0 amide bonds. The van der Waals surface area contributed by atoms with Crippen molar-refractivity contribution in [1.29, 1.82) is 0 Å². The van der Waals surface area contributed by atoms with Crippen LogP contribution < -0.4 is 14.2 Å². The number of ether oxygens (including phenoxy) is 3. The summed E-state index contributed by atoms with van der Waals surface area (Å²) in [5.74, 6) is 1.58. The summed E-state index contributed by atoms with van der Waals surface area (Å²) < 4.78 is 16.4. The molecule has 116 valence electrons. The molecule has 0 aliphatic heterocycles. The number of benzene rings is 1. The number of aromatic nitrogens is 1. The van der Waals surface area contributed by atoms with Crippen LogP contribution in [0.5, 0.6) is 17.4 Å². The maximum Gasteiger partial charge on any atom is 0.221 e. The predicted octanol–water partition coefficient (Wildman–Crippen LogP) is 4.29. The monoisotopic (exact) mass is 302 g/mol. The number of pyridine rings is 1. The summed E-state index contributed by atoms with van der Waals surface area (Å²) in [5.41, 5.74) is 9.83. The fourth-order valence-corrected chi connectivity index (χ4v) is 2.20. The maximum atomic E-state index is 8.79. The lowest BCUT2D eigenvalue weighted by Crippen LogP contribution is -2.08. The average molecular weight is 302 g/mol. The van der Waals surface area contributed by atoms with Gasteiger partial charge >= 0.3 is 0 Å². The molecule has 2 aromatic rings. The molecule has 0 atom stereocenters. The van der Waals surface area contributed by atoms with Gasteiger partial charge in [-0.3, -0.25) is 0 Å². The second kappa shape index (κ2) is 6.41. The second-order valence-corrected chi connectivity index (χ2v) is 4.96. The highest BCUT2D eigenvalue weighted by atomic mass is 16.5. The van der Waals surface area contributed by atoms with E-state index in [0.29, 0.717) is 39.5 Å². The standard InChI is InChI=1S/C15H18N4O3/c1-8(2)22-15-11-7-13(21-5)12(20-4)6-10(11)14(18-19-16)9(3)17-15/h6-8H,1-5H3. The number of azide groups is 1. The first-order chi connectivity index (χ1) is 10.5. The molecule has 0 unspecified atom stereocenters. The normalized spacial score (nSPS) is 10.5. The molecule has 2 rings (SSSR count). The lowest BCUT2D eigenvalue weighted by molar-refractivity contribution is 0.235. The molecule has 7 nitrogen and oxygen atoms in total. The largest absolute Gasteiger partial charge is 0.493 e. The van der Waals surface area contributed by atoms with Gasteiger partial charge in [0, 0.05) is 15.7 Å². The first kappa shape index (κ1) is 15.7. The molecule has 0 saturated heterocycles. The van der Waals surface area contributed by atoms with Gasteiger partial charge in [-0.1, -0.05) is 5.11 Å². The van der Waals surface area contributed by atoms with E-state index in [1.54, 1.807) is 33.3 Å². The van der Waals surface area contributed by atoms with Crippen molar-refractivity contribution in [2.45, 2.75) is 26.9 Å². The molecule has 0 radical (unpaired) electrons. The summed E-state index contributed by atoms with van der Waals surface area (Å²) in [6.07, 6.45) is -0.0338. The molecule has 0 aliphatic rings. The fourth-order valence-electron chi connectivity index (χ4n) is 2.20. The molecule has 0 fully saturated rings. The highest BCUT2D eigenvalue weighted by Crippen LogP contribution is 2.41. The minimum Gasteiger partial charge on any atom is -0.493 e. The molecular weight excluding hydrogens is 284 g/mol. The quantitative estimate of drug-likeness (QED) is 0.468. The lowest BCUT2D eigenvalue weighted by atomic mass is 10.1. The molecule has 0 saturated carbocycles. The Bertz CT molecular complexity index is 752. The highest BCUT2D eigenvalue weighted by molar-refractivity contribution is 5.98. The van der Waals surface area contributed by atoms with E-state index >= 15 is 0 Å². The van der Waals surface area contributed by atoms with Gasteiger partial charge in [0.25, 0.3) is 0 Å². The van der Waals surface area contributed by atoms with E-state index in [9.17, 15) is 0 Å². The van der Waals surface area contributed by atoms with Gasteiger partial charge in [-0.05, 0) is 38.4 Å². The van der Waals surface area contributed by atoms with Crippen molar-refractivity contribution in [2.24, 2.45) is 5.11 Å². The first-order valence-electron chi connectivity index (χ1n) is 6.79. The Kier molecular flexibility index (Phi) is 4.58. The number of aryl methyl sites for hydroxylation is 1. The van der Waals surface area contributed by atoms with Crippen LogP contribution in [0.25, 0.3) is 21.2 Å². The number of nitrogens with zero attached hydrogens (tertiary/aromatic N) is 4. The van der Waals surface area contributed by atoms with Crippen molar-refractivity contribution in [3.8, 4) is 17.4 Å². The molecule has 1 heterocycles. The molecule has 1 aromatic carbocycles. The van der Waals surface area contributed by atoms with E-state index in [2.05, 4.69) is 15.0 Å². The third-order valence-corrected chi connectivity index (χ3v) is 3.11. The molecule has 0 bridgehead atoms. The summed E-state index contributed by atoms with van der Waals surface area (Å²) >= 11 is 0. The Labute approximate surface area is 128 Å². The smallest absolute Gasteiger partial charge is 0.221 e. The van der Waals surface area contributed by atoms with Crippen molar-refractivity contribution in [3.05, 3.63) is 28.3 Å². The number of hydrogen-bond acceptors (Lipinski definition) is 5. The predicted molar refractivity (Wildman–Crippen MR) is 84.2 cm³/mol. The van der Waals surface area contributed by atoms with E-state index in [0.717, 1.165) is 0 Å². The maximum absolute atomic E-state index is 8.79. The van der Waals surface area contributed by atoms with Crippen LogP contribution in [0.1, 0.15) is 19.5 Å². The first-order valence-corrected chi connectivity index (χ1v) is 6.79. The average Bonchev–Trinajstić information content (AvgIpc) is 2.49. The topological polar surface area (TPSA) is 89.3 Å². The van der Waals surface area contributed by atoms with Crippen LogP contribution in [0.15, 0.2) is 17.2 Å². The van der Waals surface area contributed by atoms with E-state index in [-0.39, 0.29) is 6.10 Å². The number of rotatable bonds is 5. The lowest BCUT2D eigenvalue weighted by Gasteiger charge is -2.16. The van der Waals surface area contributed by atoms with E-state index in [1.807, 2.05) is 13.8 Å². The third kappa shape index (κ3) is 2.84. The van der Waals surface area contributed by atoms with E-state index in [1.165, 1.54) is 0 Å². The van der Waals surface area contributed by atoms with E-state index in [4.69, 9.17) is 19.7 Å². The number of methoxy groups -OCH3 is 2. The molecule has 0 spiro atoms.